The van der Waals surface area contributed by atoms with Crippen LogP contribution in [-0.2, 0) is 5.41 Å². The smallest absolute Gasteiger partial charge is 0.0635 e. The van der Waals surface area contributed by atoms with Crippen LogP contribution in [0.1, 0.15) is 73.4 Å². The highest BCUT2D eigenvalue weighted by atomic mass is 14.4. The summed E-state index contributed by atoms with van der Waals surface area (Å²) in [5.41, 5.74) is 11.3. The van der Waals surface area contributed by atoms with Crippen LogP contribution >= 0.6 is 0 Å². The van der Waals surface area contributed by atoms with Crippen molar-refractivity contribution in [2.24, 2.45) is 0 Å². The monoisotopic (exact) mass is 508 g/mol. The Labute approximate surface area is 235 Å². The van der Waals surface area contributed by atoms with E-state index >= 15 is 0 Å². The van der Waals surface area contributed by atoms with Gasteiger partial charge in [-0.1, -0.05) is 130 Å². The largest absolute Gasteiger partial charge is 0.0991 e. The van der Waals surface area contributed by atoms with Crippen LogP contribution in [0.25, 0.3) is 24.3 Å². The van der Waals surface area contributed by atoms with E-state index in [0.717, 1.165) is 12.0 Å². The molecule has 2 aliphatic carbocycles. The number of hydrogen-bond acceptors (Lipinski definition) is 0. The Morgan fingerprint density at radius 1 is 0.949 bits per heavy atom. The van der Waals surface area contributed by atoms with E-state index in [1.54, 1.807) is 0 Å². The Hall–Kier alpha value is -4.16. The highest BCUT2D eigenvalue weighted by molar-refractivity contribution is 5.80. The molecule has 2 unspecified atom stereocenters. The van der Waals surface area contributed by atoms with Gasteiger partial charge in [0.15, 0.2) is 0 Å². The molecule has 2 aromatic carbocycles. The van der Waals surface area contributed by atoms with Crippen LogP contribution in [0.15, 0.2) is 133 Å². The first-order chi connectivity index (χ1) is 18.9. The van der Waals surface area contributed by atoms with Crippen LogP contribution < -0.4 is 0 Å². The van der Waals surface area contributed by atoms with E-state index in [2.05, 4.69) is 145 Å². The molecule has 0 spiro atoms. The second kappa shape index (κ2) is 12.1. The number of allylic oxidation sites excluding steroid dienone is 13. The van der Waals surface area contributed by atoms with Crippen molar-refractivity contribution < 1.29 is 0 Å². The van der Waals surface area contributed by atoms with Crippen LogP contribution in [-0.4, -0.2) is 0 Å². The van der Waals surface area contributed by atoms with E-state index in [4.69, 9.17) is 0 Å². The van der Waals surface area contributed by atoms with Gasteiger partial charge in [-0.3, -0.25) is 0 Å². The molecule has 0 bridgehead atoms. The van der Waals surface area contributed by atoms with Crippen LogP contribution in [0.5, 0.6) is 0 Å². The molecule has 0 radical (unpaired) electrons. The Morgan fingerprint density at radius 2 is 1.62 bits per heavy atom. The van der Waals surface area contributed by atoms with Gasteiger partial charge in [-0.15, -0.1) is 0 Å². The first-order valence-corrected chi connectivity index (χ1v) is 13.8. The topological polar surface area (TPSA) is 0 Å². The zero-order valence-corrected chi connectivity index (χ0v) is 23.9. The van der Waals surface area contributed by atoms with E-state index < -0.39 is 5.41 Å². The summed E-state index contributed by atoms with van der Waals surface area (Å²) in [6.45, 7) is 21.6. The molecule has 0 heteroatoms. The zero-order valence-electron chi connectivity index (χ0n) is 23.9. The Kier molecular flexibility index (Phi) is 8.67. The lowest BCUT2D eigenvalue weighted by atomic mass is 9.64. The van der Waals surface area contributed by atoms with E-state index in [1.807, 2.05) is 18.2 Å². The molecule has 0 saturated heterocycles. The molecule has 0 aromatic heterocycles. The van der Waals surface area contributed by atoms with Crippen LogP contribution in [0.2, 0.25) is 0 Å². The minimum absolute atomic E-state index is 0.239. The molecule has 196 valence electrons. The molecule has 2 aromatic rings. The summed E-state index contributed by atoms with van der Waals surface area (Å²) in [5.74, 6) is 0.239. The SMILES string of the molecule is C=C\C=C/C1=C(C)/C(C)=C/c2cc3c(cc2/C=C/C1(C(=C)C=C)c1ccccc1C(C)/C=C\C)C=CCC=C3. The van der Waals surface area contributed by atoms with Gasteiger partial charge < -0.3 is 0 Å². The van der Waals surface area contributed by atoms with E-state index in [1.165, 1.54) is 50.1 Å². The summed E-state index contributed by atoms with van der Waals surface area (Å²) in [6, 6.07) is 13.4. The lowest BCUT2D eigenvalue weighted by Crippen LogP contribution is -2.30. The van der Waals surface area contributed by atoms with Crippen molar-refractivity contribution >= 4 is 24.3 Å². The Bertz CT molecular complexity index is 1510. The van der Waals surface area contributed by atoms with Crippen molar-refractivity contribution in [2.45, 2.75) is 45.4 Å². The average molecular weight is 509 g/mol. The fraction of sp³-hybridized carbons (Fsp3) is 0.179. The van der Waals surface area contributed by atoms with Crippen molar-refractivity contribution in [3.8, 4) is 0 Å². The maximum Gasteiger partial charge on any atom is 0.0635 e. The number of rotatable bonds is 7. The first kappa shape index (κ1) is 27.9. The summed E-state index contributed by atoms with van der Waals surface area (Å²) < 4.78 is 0. The minimum atomic E-state index is -0.628. The van der Waals surface area contributed by atoms with Crippen molar-refractivity contribution in [3.05, 3.63) is 166 Å². The normalized spacial score (nSPS) is 23.5. The maximum absolute atomic E-state index is 4.63. The third-order valence-corrected chi connectivity index (χ3v) is 7.97. The predicted molar refractivity (Wildman–Crippen MR) is 175 cm³/mol. The summed E-state index contributed by atoms with van der Waals surface area (Å²) in [5, 5.41) is 0. The summed E-state index contributed by atoms with van der Waals surface area (Å²) in [7, 11) is 0. The number of fused-ring (bicyclic) bond motifs is 2. The third-order valence-electron chi connectivity index (χ3n) is 7.97. The lowest BCUT2D eigenvalue weighted by molar-refractivity contribution is 0.748. The molecule has 0 fully saturated rings. The fourth-order valence-corrected chi connectivity index (χ4v) is 5.76. The molecule has 39 heavy (non-hydrogen) atoms. The zero-order chi connectivity index (χ0) is 28.0. The van der Waals surface area contributed by atoms with Crippen molar-refractivity contribution in [1.82, 2.24) is 0 Å². The minimum Gasteiger partial charge on any atom is -0.0991 e. The molecule has 4 rings (SSSR count). The van der Waals surface area contributed by atoms with Gasteiger partial charge in [-0.2, -0.15) is 0 Å². The molecule has 0 aliphatic heterocycles. The van der Waals surface area contributed by atoms with Gasteiger partial charge >= 0.3 is 0 Å². The predicted octanol–water partition coefficient (Wildman–Crippen LogP) is 11.0. The summed E-state index contributed by atoms with van der Waals surface area (Å²) >= 11 is 0. The standard InChI is InChI=1S/C39H40/c1-8-11-21-37-31(7)29(5)25-35-27-33-19-14-12-13-18-32(33)26-34(35)23-24-39(37,30(6)10-3)38-22-16-15-20-36(38)28(4)17-9-2/h8-11,13-28H,1,3,6,12H2,2,4-5,7H3/b17-9-,21-11-,24-23+,29-25+,37-31-. The molecule has 0 amide bonds. The fourth-order valence-electron chi connectivity index (χ4n) is 5.76. The van der Waals surface area contributed by atoms with Crippen LogP contribution in [0.4, 0.5) is 0 Å². The van der Waals surface area contributed by atoms with E-state index in [0.29, 0.717) is 0 Å². The van der Waals surface area contributed by atoms with Gasteiger partial charge in [-0.25, -0.2) is 0 Å². The van der Waals surface area contributed by atoms with Crippen LogP contribution in [0.3, 0.4) is 0 Å². The Balaban J connectivity index is 2.16. The van der Waals surface area contributed by atoms with Crippen LogP contribution in [0, 0.1) is 0 Å². The molecule has 2 aliphatic rings. The molecule has 0 N–H and O–H groups in total. The second-order valence-corrected chi connectivity index (χ2v) is 10.4. The highest BCUT2D eigenvalue weighted by Crippen LogP contribution is 2.48. The van der Waals surface area contributed by atoms with E-state index in [9.17, 15) is 0 Å². The first-order valence-electron chi connectivity index (χ1n) is 13.8. The maximum atomic E-state index is 4.63. The molecule has 0 heterocycles. The van der Waals surface area contributed by atoms with Gasteiger partial charge in [0.25, 0.3) is 0 Å². The van der Waals surface area contributed by atoms with Gasteiger partial charge in [0.2, 0.25) is 0 Å². The summed E-state index contributed by atoms with van der Waals surface area (Å²) in [6.07, 6.45) is 29.2. The van der Waals surface area contributed by atoms with Gasteiger partial charge in [0, 0.05) is 0 Å². The molecular weight excluding hydrogens is 468 g/mol. The lowest BCUT2D eigenvalue weighted by Gasteiger charge is -2.38. The Morgan fingerprint density at radius 3 is 2.28 bits per heavy atom. The molecule has 0 saturated carbocycles. The van der Waals surface area contributed by atoms with E-state index in [-0.39, 0.29) is 5.92 Å². The molecular formula is C39H40. The number of hydrogen-bond donors (Lipinski definition) is 0. The average Bonchev–Trinajstić information content (AvgIpc) is 3.16. The number of benzene rings is 2. The van der Waals surface area contributed by atoms with Crippen molar-refractivity contribution in [3.63, 3.8) is 0 Å². The quantitative estimate of drug-likeness (QED) is 0.258. The van der Waals surface area contributed by atoms with Gasteiger partial charge in [0.05, 0.1) is 5.41 Å². The highest BCUT2D eigenvalue weighted by Gasteiger charge is 2.38. The molecule has 2 atom stereocenters. The van der Waals surface area contributed by atoms with Crippen molar-refractivity contribution in [1.29, 1.82) is 0 Å². The second-order valence-electron chi connectivity index (χ2n) is 10.4. The molecule has 0 nitrogen and oxygen atoms in total. The van der Waals surface area contributed by atoms with Crippen molar-refractivity contribution in [2.75, 3.05) is 0 Å². The van der Waals surface area contributed by atoms with Gasteiger partial charge in [-0.05, 0) is 101 Å². The summed E-state index contributed by atoms with van der Waals surface area (Å²) in [4.78, 5) is 0. The van der Waals surface area contributed by atoms with Gasteiger partial charge in [0.1, 0.15) is 0 Å². The third kappa shape index (κ3) is 5.38.